The van der Waals surface area contributed by atoms with Gasteiger partial charge >= 0.3 is 0 Å². The molecule has 0 bridgehead atoms. The lowest BCUT2D eigenvalue weighted by Crippen LogP contribution is -1.74. The van der Waals surface area contributed by atoms with Crippen LogP contribution in [0.4, 0.5) is 0 Å². The van der Waals surface area contributed by atoms with Crippen molar-refractivity contribution in [3.8, 4) is 10.6 Å². The van der Waals surface area contributed by atoms with Crippen molar-refractivity contribution in [1.82, 2.24) is 10.2 Å². The van der Waals surface area contributed by atoms with Crippen molar-refractivity contribution < 1.29 is 0 Å². The first-order chi connectivity index (χ1) is 5.38. The summed E-state index contributed by atoms with van der Waals surface area (Å²) in [5, 5.41) is 10.9. The third-order valence-electron chi connectivity index (χ3n) is 1.45. The second-order valence-electron chi connectivity index (χ2n) is 2.13. The molecule has 0 radical (unpaired) electrons. The molecule has 2 heterocycles. The van der Waals surface area contributed by atoms with Crippen molar-refractivity contribution in [3.05, 3.63) is 21.8 Å². The van der Waals surface area contributed by atoms with E-state index in [1.807, 2.05) is 0 Å². The summed E-state index contributed by atoms with van der Waals surface area (Å²) in [6.07, 6.45) is 0. The Labute approximate surface area is 72.5 Å². The van der Waals surface area contributed by atoms with Gasteiger partial charge in [0.05, 0.1) is 0 Å². The lowest BCUT2D eigenvalue weighted by atomic mass is 10.3. The van der Waals surface area contributed by atoms with Gasteiger partial charge in [0.25, 0.3) is 0 Å². The van der Waals surface area contributed by atoms with Crippen LogP contribution < -0.4 is 0 Å². The van der Waals surface area contributed by atoms with Crippen molar-refractivity contribution in [1.29, 1.82) is 0 Å². The smallest absolute Gasteiger partial charge is 0.148 e. The summed E-state index contributed by atoms with van der Waals surface area (Å²) in [4.78, 5) is 1.31. The molecule has 0 amide bonds. The summed E-state index contributed by atoms with van der Waals surface area (Å²) >= 11 is 3.32. The van der Waals surface area contributed by atoms with Crippen LogP contribution in [-0.4, -0.2) is 10.2 Å². The first-order valence-corrected chi connectivity index (χ1v) is 4.94. The van der Waals surface area contributed by atoms with E-state index in [9.17, 15) is 0 Å². The zero-order chi connectivity index (χ0) is 7.68. The summed E-state index contributed by atoms with van der Waals surface area (Å²) in [5.74, 6) is 0. The molecule has 11 heavy (non-hydrogen) atoms. The first-order valence-electron chi connectivity index (χ1n) is 3.18. The van der Waals surface area contributed by atoms with Crippen molar-refractivity contribution in [2.75, 3.05) is 0 Å². The fourth-order valence-corrected chi connectivity index (χ4v) is 2.30. The Hall–Kier alpha value is -0.740. The maximum absolute atomic E-state index is 3.99. The topological polar surface area (TPSA) is 25.8 Å². The summed E-state index contributed by atoms with van der Waals surface area (Å²) in [7, 11) is 0. The molecule has 0 aliphatic carbocycles. The number of aryl methyl sites for hydroxylation is 1. The lowest BCUT2D eigenvalue weighted by molar-refractivity contribution is 1.09. The van der Waals surface area contributed by atoms with Crippen LogP contribution in [0.5, 0.6) is 0 Å². The van der Waals surface area contributed by atoms with Gasteiger partial charge in [-0.05, 0) is 18.4 Å². The molecule has 0 unspecified atom stereocenters. The van der Waals surface area contributed by atoms with Gasteiger partial charge in [0.1, 0.15) is 10.5 Å². The van der Waals surface area contributed by atoms with E-state index in [1.165, 1.54) is 10.4 Å². The average Bonchev–Trinajstić information content (AvgIpc) is 2.55. The van der Waals surface area contributed by atoms with E-state index in [0.717, 1.165) is 5.01 Å². The van der Waals surface area contributed by atoms with Crippen molar-refractivity contribution in [2.24, 2.45) is 0 Å². The van der Waals surface area contributed by atoms with Crippen molar-refractivity contribution in [3.63, 3.8) is 0 Å². The molecule has 0 fully saturated rings. The number of aromatic nitrogens is 2. The maximum atomic E-state index is 3.99. The molecule has 2 rings (SSSR count). The Morgan fingerprint density at radius 1 is 1.36 bits per heavy atom. The fraction of sp³-hybridized carbons (Fsp3) is 0.143. The number of nitrogens with zero attached hydrogens (tertiary/aromatic N) is 2. The minimum Gasteiger partial charge on any atom is -0.148 e. The van der Waals surface area contributed by atoms with Crippen LogP contribution in [0.1, 0.15) is 4.88 Å². The van der Waals surface area contributed by atoms with Crippen LogP contribution in [-0.2, 0) is 0 Å². The Morgan fingerprint density at radius 3 is 2.82 bits per heavy atom. The highest BCUT2D eigenvalue weighted by Gasteiger charge is 2.04. The van der Waals surface area contributed by atoms with Gasteiger partial charge in [-0.1, -0.05) is 11.3 Å². The predicted molar refractivity (Wildman–Crippen MR) is 48.0 cm³/mol. The van der Waals surface area contributed by atoms with Crippen LogP contribution in [0, 0.1) is 6.92 Å². The molecular weight excluding hydrogens is 176 g/mol. The highest BCUT2D eigenvalue weighted by Crippen LogP contribution is 2.27. The van der Waals surface area contributed by atoms with Gasteiger partial charge in [0.15, 0.2) is 0 Å². The van der Waals surface area contributed by atoms with E-state index in [1.54, 1.807) is 28.2 Å². The van der Waals surface area contributed by atoms with Crippen molar-refractivity contribution >= 4 is 22.7 Å². The molecule has 56 valence electrons. The fourth-order valence-electron chi connectivity index (χ4n) is 0.897. The van der Waals surface area contributed by atoms with Gasteiger partial charge in [-0.15, -0.1) is 21.5 Å². The van der Waals surface area contributed by atoms with E-state index in [2.05, 4.69) is 28.6 Å². The monoisotopic (exact) mass is 182 g/mol. The van der Waals surface area contributed by atoms with Crippen LogP contribution in [0.2, 0.25) is 0 Å². The zero-order valence-electron chi connectivity index (χ0n) is 5.94. The second kappa shape index (κ2) is 2.71. The second-order valence-corrected chi connectivity index (χ2v) is 4.09. The Bertz CT molecular complexity index is 337. The van der Waals surface area contributed by atoms with Gasteiger partial charge in [0.2, 0.25) is 0 Å². The quantitative estimate of drug-likeness (QED) is 0.677. The molecular formula is C7H6N2S2. The lowest BCUT2D eigenvalue weighted by Gasteiger charge is -1.89. The Morgan fingerprint density at radius 2 is 2.27 bits per heavy atom. The zero-order valence-corrected chi connectivity index (χ0v) is 7.58. The molecule has 2 aromatic rings. The normalized spacial score (nSPS) is 10.3. The van der Waals surface area contributed by atoms with Crippen LogP contribution >= 0.6 is 22.7 Å². The molecule has 0 aliphatic heterocycles. The van der Waals surface area contributed by atoms with Gasteiger partial charge < -0.3 is 0 Å². The van der Waals surface area contributed by atoms with Crippen LogP contribution in [0.25, 0.3) is 10.6 Å². The molecule has 0 atom stereocenters. The Kier molecular flexibility index (Phi) is 1.71. The number of hydrogen-bond acceptors (Lipinski definition) is 4. The number of rotatable bonds is 1. The maximum Gasteiger partial charge on any atom is 0.148 e. The highest BCUT2D eigenvalue weighted by molar-refractivity contribution is 7.14. The third-order valence-corrected chi connectivity index (χ3v) is 3.02. The molecule has 0 aromatic carbocycles. The number of thiophene rings is 1. The van der Waals surface area contributed by atoms with E-state index >= 15 is 0 Å². The van der Waals surface area contributed by atoms with Gasteiger partial charge in [0, 0.05) is 10.4 Å². The van der Waals surface area contributed by atoms with E-state index in [-0.39, 0.29) is 0 Å². The Balaban J connectivity index is 2.53. The minimum atomic E-state index is 1.02. The average molecular weight is 182 g/mol. The molecule has 0 spiro atoms. The molecule has 2 nitrogen and oxygen atoms in total. The predicted octanol–water partition coefficient (Wildman–Crippen LogP) is 2.58. The molecule has 0 N–H and O–H groups in total. The molecule has 2 aromatic heterocycles. The largest absolute Gasteiger partial charge is 0.148 e. The van der Waals surface area contributed by atoms with E-state index < -0.39 is 0 Å². The standard InChI is InChI=1S/C7H6N2S2/c1-5-6(2-3-10-5)7-9-8-4-11-7/h2-4H,1H3. The molecule has 0 saturated heterocycles. The number of hydrogen-bond donors (Lipinski definition) is 0. The minimum absolute atomic E-state index is 1.02. The highest BCUT2D eigenvalue weighted by atomic mass is 32.1. The van der Waals surface area contributed by atoms with Crippen LogP contribution in [0.15, 0.2) is 17.0 Å². The summed E-state index contributed by atoms with van der Waals surface area (Å²) in [6, 6.07) is 2.08. The van der Waals surface area contributed by atoms with Gasteiger partial charge in [-0.2, -0.15) is 0 Å². The van der Waals surface area contributed by atoms with Crippen molar-refractivity contribution in [2.45, 2.75) is 6.92 Å². The molecule has 4 heteroatoms. The first kappa shape index (κ1) is 6.94. The molecule has 0 saturated carbocycles. The summed E-state index contributed by atoms with van der Waals surface area (Å²) in [6.45, 7) is 2.10. The third kappa shape index (κ3) is 1.19. The van der Waals surface area contributed by atoms with E-state index in [4.69, 9.17) is 0 Å². The van der Waals surface area contributed by atoms with Gasteiger partial charge in [-0.3, -0.25) is 0 Å². The van der Waals surface area contributed by atoms with Crippen LogP contribution in [0.3, 0.4) is 0 Å². The summed E-state index contributed by atoms with van der Waals surface area (Å²) in [5.41, 5.74) is 2.98. The van der Waals surface area contributed by atoms with Gasteiger partial charge in [-0.25, -0.2) is 0 Å². The van der Waals surface area contributed by atoms with E-state index in [0.29, 0.717) is 0 Å². The SMILES string of the molecule is Cc1sccc1-c1nncs1. The molecule has 0 aliphatic rings. The summed E-state index contributed by atoms with van der Waals surface area (Å²) < 4.78 is 0.